The van der Waals surface area contributed by atoms with Crippen molar-refractivity contribution in [1.82, 2.24) is 0 Å². The van der Waals surface area contributed by atoms with Crippen LogP contribution in [0.2, 0.25) is 0 Å². The largest absolute Gasteiger partial charge is 0.496 e. The predicted molar refractivity (Wildman–Crippen MR) is 86.4 cm³/mol. The number of alkyl halides is 2. The van der Waals surface area contributed by atoms with Crippen molar-refractivity contribution in [2.75, 3.05) is 19.0 Å². The number of amides is 1. The molecule has 0 heterocycles. The number of benzene rings is 1. The molecule has 1 aromatic carbocycles. The van der Waals surface area contributed by atoms with Crippen LogP contribution < -0.4 is 10.1 Å². The Labute approximate surface area is 147 Å². The maximum Gasteiger partial charge on any atom is 0.315 e. The summed E-state index contributed by atoms with van der Waals surface area (Å²) in [5, 5.41) is 13.3. The first kappa shape index (κ1) is 18.3. The Morgan fingerprint density at radius 1 is 1.42 bits per heavy atom. The van der Waals surface area contributed by atoms with Crippen LogP contribution in [0.25, 0.3) is 0 Å². The van der Waals surface area contributed by atoms with Crippen LogP contribution in [0.15, 0.2) is 18.2 Å². The maximum absolute atomic E-state index is 11.9. The third-order valence-corrected chi connectivity index (χ3v) is 4.82. The van der Waals surface area contributed by atoms with E-state index in [0.29, 0.717) is 0 Å². The number of carbonyl (C=O) groups is 2. The molecule has 2 rings (SSSR count). The summed E-state index contributed by atoms with van der Waals surface area (Å²) in [6, 6.07) is 3.94. The van der Waals surface area contributed by atoms with E-state index in [1.807, 2.05) is 0 Å². The van der Waals surface area contributed by atoms with E-state index in [1.165, 1.54) is 32.2 Å². The molecule has 1 saturated carbocycles. The maximum atomic E-state index is 11.9. The lowest BCUT2D eigenvalue weighted by atomic mass is 10.1. The summed E-state index contributed by atoms with van der Waals surface area (Å²) in [7, 11) is 1.36. The lowest BCUT2D eigenvalue weighted by molar-refractivity contribution is -0.384. The molecule has 10 heteroatoms. The second kappa shape index (κ2) is 6.45. The van der Waals surface area contributed by atoms with Crippen molar-refractivity contribution in [3.63, 3.8) is 0 Å². The van der Waals surface area contributed by atoms with Gasteiger partial charge in [0.1, 0.15) is 21.2 Å². The SMILES string of the molecule is COc1ccc(NC(=O)COC(=O)[C@@]2(C)CC2(Cl)Cl)c([N+](=O)[O-])c1. The van der Waals surface area contributed by atoms with Gasteiger partial charge in [-0.3, -0.25) is 19.7 Å². The Morgan fingerprint density at radius 2 is 2.04 bits per heavy atom. The Kier molecular flexibility index (Phi) is 4.91. The minimum atomic E-state index is -1.20. The molecule has 130 valence electrons. The smallest absolute Gasteiger partial charge is 0.315 e. The molecule has 24 heavy (non-hydrogen) atoms. The van der Waals surface area contributed by atoms with Crippen molar-refractivity contribution in [2.45, 2.75) is 17.7 Å². The number of hydrogen-bond acceptors (Lipinski definition) is 6. The number of ether oxygens (including phenoxy) is 2. The zero-order chi connectivity index (χ0) is 18.1. The number of hydrogen-bond donors (Lipinski definition) is 1. The highest BCUT2D eigenvalue weighted by atomic mass is 35.5. The van der Waals surface area contributed by atoms with E-state index in [-0.39, 0.29) is 23.5 Å². The minimum Gasteiger partial charge on any atom is -0.496 e. The zero-order valence-corrected chi connectivity index (χ0v) is 14.3. The second-order valence-corrected chi connectivity index (χ2v) is 6.96. The van der Waals surface area contributed by atoms with Gasteiger partial charge in [-0.15, -0.1) is 23.2 Å². The summed E-state index contributed by atoms with van der Waals surface area (Å²) < 4.78 is 8.57. The van der Waals surface area contributed by atoms with Crippen molar-refractivity contribution in [2.24, 2.45) is 5.41 Å². The van der Waals surface area contributed by atoms with Gasteiger partial charge in [0.25, 0.3) is 11.6 Å². The quantitative estimate of drug-likeness (QED) is 0.353. The van der Waals surface area contributed by atoms with Gasteiger partial charge in [-0.05, 0) is 19.1 Å². The molecule has 0 spiro atoms. The van der Waals surface area contributed by atoms with Gasteiger partial charge >= 0.3 is 5.97 Å². The van der Waals surface area contributed by atoms with E-state index in [4.69, 9.17) is 32.7 Å². The van der Waals surface area contributed by atoms with Crippen LogP contribution in [-0.2, 0) is 14.3 Å². The molecular formula is C14H14Cl2N2O6. The standard InChI is InChI=1S/C14H14Cl2N2O6/c1-13(7-14(13,15)16)12(20)24-6-11(19)17-9-4-3-8(23-2)5-10(9)18(21)22/h3-5H,6-7H2,1-2H3,(H,17,19)/t13-/m1/s1. The molecule has 1 aromatic rings. The monoisotopic (exact) mass is 376 g/mol. The molecule has 0 radical (unpaired) electrons. The van der Waals surface area contributed by atoms with Gasteiger partial charge in [-0.25, -0.2) is 0 Å². The van der Waals surface area contributed by atoms with Crippen molar-refractivity contribution < 1.29 is 24.0 Å². The van der Waals surface area contributed by atoms with Crippen LogP contribution in [0.5, 0.6) is 5.75 Å². The fourth-order valence-corrected chi connectivity index (χ4v) is 2.68. The summed E-state index contributed by atoms with van der Waals surface area (Å²) in [6.45, 7) is 0.920. The van der Waals surface area contributed by atoms with Crippen molar-refractivity contribution in [1.29, 1.82) is 0 Å². The first-order valence-corrected chi connectivity index (χ1v) is 7.53. The second-order valence-electron chi connectivity index (χ2n) is 5.48. The van der Waals surface area contributed by atoms with Gasteiger partial charge in [0, 0.05) is 6.42 Å². The minimum absolute atomic E-state index is 0.0384. The number of anilines is 1. The highest BCUT2D eigenvalue weighted by molar-refractivity contribution is 6.53. The van der Waals surface area contributed by atoms with Crippen LogP contribution in [0.1, 0.15) is 13.3 Å². The van der Waals surface area contributed by atoms with Crippen LogP contribution in [-0.4, -0.2) is 34.8 Å². The Balaban J connectivity index is 1.98. The number of nitrogens with one attached hydrogen (secondary N) is 1. The number of nitrogens with zero attached hydrogens (tertiary/aromatic N) is 1. The fourth-order valence-electron chi connectivity index (χ4n) is 1.99. The van der Waals surface area contributed by atoms with Gasteiger partial charge < -0.3 is 14.8 Å². The number of carbonyl (C=O) groups excluding carboxylic acids is 2. The van der Waals surface area contributed by atoms with Crippen molar-refractivity contribution in [3.05, 3.63) is 28.3 Å². The van der Waals surface area contributed by atoms with Crippen LogP contribution in [0, 0.1) is 15.5 Å². The molecule has 8 nitrogen and oxygen atoms in total. The van der Waals surface area contributed by atoms with Crippen molar-refractivity contribution >= 4 is 46.5 Å². The molecule has 0 saturated heterocycles. The van der Waals surface area contributed by atoms with E-state index in [9.17, 15) is 19.7 Å². The number of nitro groups is 1. The normalized spacial score (nSPS) is 20.8. The molecule has 0 unspecified atom stereocenters. The summed E-state index contributed by atoms with van der Waals surface area (Å²) in [5.74, 6) is -1.16. The van der Waals surface area contributed by atoms with Gasteiger partial charge in [0.2, 0.25) is 0 Å². The Morgan fingerprint density at radius 3 is 2.54 bits per heavy atom. The molecule has 1 fully saturated rings. The van der Waals surface area contributed by atoms with E-state index in [1.54, 1.807) is 0 Å². The number of rotatable bonds is 6. The Hall–Kier alpha value is -2.06. The third-order valence-electron chi connectivity index (χ3n) is 3.72. The molecule has 1 N–H and O–H groups in total. The highest BCUT2D eigenvalue weighted by Crippen LogP contribution is 2.64. The molecule has 1 atom stereocenters. The van der Waals surface area contributed by atoms with Crippen LogP contribution in [0.3, 0.4) is 0 Å². The highest BCUT2D eigenvalue weighted by Gasteiger charge is 2.69. The van der Waals surface area contributed by atoms with Gasteiger partial charge in [-0.1, -0.05) is 0 Å². The summed E-state index contributed by atoms with van der Waals surface area (Å²) in [6.07, 6.45) is 0.230. The summed E-state index contributed by atoms with van der Waals surface area (Å²) in [4.78, 5) is 34.1. The van der Waals surface area contributed by atoms with E-state index >= 15 is 0 Å². The number of halogens is 2. The molecule has 0 aromatic heterocycles. The fraction of sp³-hybridized carbons (Fsp3) is 0.429. The lowest BCUT2D eigenvalue weighted by Crippen LogP contribution is -2.27. The molecule has 0 aliphatic heterocycles. The van der Waals surface area contributed by atoms with E-state index < -0.39 is 33.2 Å². The summed E-state index contributed by atoms with van der Waals surface area (Å²) in [5.41, 5.74) is -1.44. The average molecular weight is 377 g/mol. The average Bonchev–Trinajstić information content (AvgIpc) is 3.04. The number of methoxy groups -OCH3 is 1. The predicted octanol–water partition coefficient (Wildman–Crippen LogP) is 2.67. The van der Waals surface area contributed by atoms with Crippen LogP contribution in [0.4, 0.5) is 11.4 Å². The molecule has 0 bridgehead atoms. The number of nitro benzene ring substituents is 1. The van der Waals surface area contributed by atoms with Gasteiger partial charge in [0.15, 0.2) is 6.61 Å². The lowest BCUT2D eigenvalue weighted by Gasteiger charge is -2.12. The topological polar surface area (TPSA) is 108 Å². The first-order chi connectivity index (χ1) is 11.1. The zero-order valence-electron chi connectivity index (χ0n) is 12.8. The Bertz CT molecular complexity index is 709. The van der Waals surface area contributed by atoms with Crippen molar-refractivity contribution in [3.8, 4) is 5.75 Å². The number of esters is 1. The third kappa shape index (κ3) is 3.54. The molecule has 1 aliphatic rings. The molecule has 1 aliphatic carbocycles. The van der Waals surface area contributed by atoms with Crippen LogP contribution >= 0.6 is 23.2 Å². The van der Waals surface area contributed by atoms with E-state index in [0.717, 1.165) is 0 Å². The van der Waals surface area contributed by atoms with E-state index in [2.05, 4.69) is 5.32 Å². The van der Waals surface area contributed by atoms with Gasteiger partial charge in [0.05, 0.1) is 18.1 Å². The molecular weight excluding hydrogens is 363 g/mol. The first-order valence-electron chi connectivity index (χ1n) is 6.78. The summed E-state index contributed by atoms with van der Waals surface area (Å²) >= 11 is 11.7. The molecule has 1 amide bonds. The van der Waals surface area contributed by atoms with Gasteiger partial charge in [-0.2, -0.15) is 0 Å².